The van der Waals surface area contributed by atoms with Gasteiger partial charge in [-0.05, 0) is 37.8 Å². The minimum atomic E-state index is -0.0112. The average Bonchev–Trinajstić information content (AvgIpc) is 3.16. The summed E-state index contributed by atoms with van der Waals surface area (Å²) in [7, 11) is 0. The first kappa shape index (κ1) is 16.4. The fraction of sp³-hybridized carbons (Fsp3) is 0.474. The van der Waals surface area contributed by atoms with Crippen molar-refractivity contribution in [3.05, 3.63) is 52.2 Å². The van der Waals surface area contributed by atoms with E-state index in [1.165, 1.54) is 0 Å². The molecule has 1 aliphatic heterocycles. The summed E-state index contributed by atoms with van der Waals surface area (Å²) in [6.07, 6.45) is 8.23. The molecule has 0 atom stereocenters. The molecule has 140 valence electrons. The van der Waals surface area contributed by atoms with Gasteiger partial charge in [0.1, 0.15) is 5.82 Å². The second-order valence-corrected chi connectivity index (χ2v) is 7.30. The summed E-state index contributed by atoms with van der Waals surface area (Å²) in [4.78, 5) is 16.7. The van der Waals surface area contributed by atoms with Gasteiger partial charge >= 0.3 is 0 Å². The molecule has 3 aromatic heterocycles. The third-order valence-electron chi connectivity index (χ3n) is 5.51. The Morgan fingerprint density at radius 1 is 1.15 bits per heavy atom. The zero-order chi connectivity index (χ0) is 18.2. The van der Waals surface area contributed by atoms with Crippen LogP contribution < -0.4 is 10.9 Å². The van der Waals surface area contributed by atoms with Crippen molar-refractivity contribution in [2.75, 3.05) is 11.9 Å². The van der Waals surface area contributed by atoms with Crippen molar-refractivity contribution in [2.45, 2.75) is 50.8 Å². The van der Waals surface area contributed by atoms with Gasteiger partial charge in [0.2, 0.25) is 0 Å². The Morgan fingerprint density at radius 3 is 2.93 bits per heavy atom. The molecule has 0 aromatic carbocycles. The number of anilines is 1. The van der Waals surface area contributed by atoms with E-state index in [9.17, 15) is 4.79 Å². The molecule has 1 fully saturated rings. The number of nitrogens with one attached hydrogen (secondary N) is 1. The van der Waals surface area contributed by atoms with Crippen LogP contribution in [0.3, 0.4) is 0 Å². The fourth-order valence-corrected chi connectivity index (χ4v) is 4.06. The van der Waals surface area contributed by atoms with Crippen molar-refractivity contribution in [3.63, 3.8) is 0 Å². The number of nitrogens with zero attached hydrogens (tertiary/aromatic N) is 5. The zero-order valence-electron chi connectivity index (χ0n) is 15.0. The summed E-state index contributed by atoms with van der Waals surface area (Å²) in [5.74, 6) is 0.855. The first-order valence-electron chi connectivity index (χ1n) is 9.52. The van der Waals surface area contributed by atoms with Crippen LogP contribution in [0.15, 0.2) is 35.4 Å². The molecule has 2 aliphatic rings. The van der Waals surface area contributed by atoms with Gasteiger partial charge < -0.3 is 10.1 Å². The molecule has 1 aliphatic carbocycles. The maximum absolute atomic E-state index is 12.5. The lowest BCUT2D eigenvalue weighted by Crippen LogP contribution is -2.35. The van der Waals surface area contributed by atoms with E-state index in [4.69, 9.17) is 4.74 Å². The quantitative estimate of drug-likeness (QED) is 0.763. The standard InChI is InChI=1S/C19H22N6O2/c26-19-11-13-12-27-10-7-16(13)22-25(19)15-3-1-14(2-4-15)21-17-5-6-18-20-8-9-24(18)23-17/h5-6,8-9,11,14-15H,1-4,7,10,12H2,(H,21,23). The van der Waals surface area contributed by atoms with Crippen LogP contribution in [-0.4, -0.2) is 37.0 Å². The molecular formula is C19H22N6O2. The Hall–Kier alpha value is -2.74. The van der Waals surface area contributed by atoms with Crippen LogP contribution in [0.1, 0.15) is 43.0 Å². The van der Waals surface area contributed by atoms with Crippen LogP contribution in [0, 0.1) is 0 Å². The predicted molar refractivity (Wildman–Crippen MR) is 99.8 cm³/mol. The Morgan fingerprint density at radius 2 is 2.04 bits per heavy atom. The Bertz CT molecular complexity index is 1020. The van der Waals surface area contributed by atoms with E-state index < -0.39 is 0 Å². The second-order valence-electron chi connectivity index (χ2n) is 7.30. The van der Waals surface area contributed by atoms with Crippen molar-refractivity contribution in [2.24, 2.45) is 0 Å². The molecule has 0 bridgehead atoms. The largest absolute Gasteiger partial charge is 0.376 e. The Balaban J connectivity index is 1.26. The van der Waals surface area contributed by atoms with Crippen LogP contribution >= 0.6 is 0 Å². The molecule has 0 spiro atoms. The van der Waals surface area contributed by atoms with E-state index in [2.05, 4.69) is 20.5 Å². The zero-order valence-corrected chi connectivity index (χ0v) is 15.0. The molecule has 0 radical (unpaired) electrons. The number of rotatable bonds is 3. The van der Waals surface area contributed by atoms with E-state index in [1.807, 2.05) is 18.3 Å². The van der Waals surface area contributed by atoms with Crippen LogP contribution in [-0.2, 0) is 17.8 Å². The van der Waals surface area contributed by atoms with Gasteiger partial charge in [-0.2, -0.15) is 5.10 Å². The summed E-state index contributed by atoms with van der Waals surface area (Å²) >= 11 is 0. The van der Waals surface area contributed by atoms with Crippen molar-refractivity contribution >= 4 is 11.5 Å². The fourth-order valence-electron chi connectivity index (χ4n) is 4.06. The average molecular weight is 366 g/mol. The van der Waals surface area contributed by atoms with Gasteiger partial charge in [0.05, 0.1) is 24.9 Å². The predicted octanol–water partition coefficient (Wildman–Crippen LogP) is 1.95. The number of fused-ring (bicyclic) bond motifs is 2. The van der Waals surface area contributed by atoms with E-state index in [0.29, 0.717) is 19.3 Å². The Labute approximate surface area is 156 Å². The van der Waals surface area contributed by atoms with E-state index in [0.717, 1.165) is 54.8 Å². The molecule has 0 saturated heterocycles. The van der Waals surface area contributed by atoms with Crippen molar-refractivity contribution in [1.29, 1.82) is 0 Å². The van der Waals surface area contributed by atoms with Gasteiger partial charge in [-0.15, -0.1) is 5.10 Å². The van der Waals surface area contributed by atoms with Gasteiger partial charge in [0.25, 0.3) is 5.56 Å². The molecule has 1 N–H and O–H groups in total. The highest BCUT2D eigenvalue weighted by molar-refractivity contribution is 5.44. The number of hydrogen-bond donors (Lipinski definition) is 1. The third kappa shape index (κ3) is 3.21. The van der Waals surface area contributed by atoms with Crippen molar-refractivity contribution in [1.82, 2.24) is 24.4 Å². The van der Waals surface area contributed by atoms with Gasteiger partial charge in [0, 0.05) is 36.5 Å². The number of aromatic nitrogens is 5. The van der Waals surface area contributed by atoms with Gasteiger partial charge in [-0.1, -0.05) is 0 Å². The molecule has 8 heteroatoms. The van der Waals surface area contributed by atoms with Crippen LogP contribution in [0.25, 0.3) is 5.65 Å². The van der Waals surface area contributed by atoms with Crippen LogP contribution in [0.4, 0.5) is 5.82 Å². The first-order chi connectivity index (χ1) is 13.3. The highest BCUT2D eigenvalue weighted by Gasteiger charge is 2.25. The minimum Gasteiger partial charge on any atom is -0.376 e. The lowest BCUT2D eigenvalue weighted by molar-refractivity contribution is 0.107. The smallest absolute Gasteiger partial charge is 0.267 e. The number of hydrogen-bond acceptors (Lipinski definition) is 6. The molecule has 27 heavy (non-hydrogen) atoms. The van der Waals surface area contributed by atoms with E-state index in [-0.39, 0.29) is 11.6 Å². The van der Waals surface area contributed by atoms with Crippen LogP contribution in [0.5, 0.6) is 0 Å². The highest BCUT2D eigenvalue weighted by atomic mass is 16.5. The maximum atomic E-state index is 12.5. The van der Waals surface area contributed by atoms with Crippen LogP contribution in [0.2, 0.25) is 0 Å². The summed E-state index contributed by atoms with van der Waals surface area (Å²) in [5.41, 5.74) is 2.79. The molecular weight excluding hydrogens is 344 g/mol. The van der Waals surface area contributed by atoms with Gasteiger partial charge in [-0.25, -0.2) is 14.2 Å². The van der Waals surface area contributed by atoms with Crippen molar-refractivity contribution in [3.8, 4) is 0 Å². The van der Waals surface area contributed by atoms with Gasteiger partial charge in [-0.3, -0.25) is 4.79 Å². The molecule has 4 heterocycles. The third-order valence-corrected chi connectivity index (χ3v) is 5.51. The molecule has 5 rings (SSSR count). The van der Waals surface area contributed by atoms with Gasteiger partial charge in [0.15, 0.2) is 5.65 Å². The maximum Gasteiger partial charge on any atom is 0.267 e. The second kappa shape index (κ2) is 6.77. The monoisotopic (exact) mass is 366 g/mol. The number of ether oxygens (including phenoxy) is 1. The topological polar surface area (TPSA) is 86.3 Å². The molecule has 3 aromatic rings. The highest BCUT2D eigenvalue weighted by Crippen LogP contribution is 2.29. The first-order valence-corrected chi connectivity index (χ1v) is 9.52. The summed E-state index contributed by atoms with van der Waals surface area (Å²) in [6.45, 7) is 1.19. The minimum absolute atomic E-state index is 0.0112. The summed E-state index contributed by atoms with van der Waals surface area (Å²) in [6, 6.07) is 6.16. The molecule has 1 saturated carbocycles. The molecule has 0 amide bonds. The van der Waals surface area contributed by atoms with E-state index in [1.54, 1.807) is 21.5 Å². The molecule has 0 unspecified atom stereocenters. The van der Waals surface area contributed by atoms with Crippen molar-refractivity contribution < 1.29 is 4.74 Å². The normalized spacial score (nSPS) is 22.5. The Kier molecular flexibility index (Phi) is 4.12. The summed E-state index contributed by atoms with van der Waals surface area (Å²) < 4.78 is 8.90. The summed E-state index contributed by atoms with van der Waals surface area (Å²) in [5, 5.41) is 12.7. The lowest BCUT2D eigenvalue weighted by atomic mass is 9.91. The lowest BCUT2D eigenvalue weighted by Gasteiger charge is -2.30. The molecule has 8 nitrogen and oxygen atoms in total. The van der Waals surface area contributed by atoms with E-state index >= 15 is 0 Å². The number of imidazole rings is 1. The SMILES string of the molecule is O=c1cc2c(nn1C1CCC(Nc3ccc4nccn4n3)CC1)CCOC2.